The van der Waals surface area contributed by atoms with Gasteiger partial charge in [-0.15, -0.1) is 0 Å². The predicted octanol–water partition coefficient (Wildman–Crippen LogP) is 5.32. The van der Waals surface area contributed by atoms with Gasteiger partial charge in [-0.25, -0.2) is 0 Å². The first-order chi connectivity index (χ1) is 15.8. The Bertz CT molecular complexity index is 1020. The van der Waals surface area contributed by atoms with Gasteiger partial charge in [-0.2, -0.15) is 0 Å². The van der Waals surface area contributed by atoms with Gasteiger partial charge in [0.05, 0.1) is 37.1 Å². The number of carbonyl (C=O) groups is 1. The van der Waals surface area contributed by atoms with E-state index >= 15 is 0 Å². The lowest BCUT2D eigenvalue weighted by atomic mass is 9.66. The molecule has 3 atom stereocenters. The number of carbonyl (C=O) groups excluding carboxylic acids is 1. The van der Waals surface area contributed by atoms with Crippen molar-refractivity contribution in [2.75, 3.05) is 32.6 Å². The fourth-order valence-electron chi connectivity index (χ4n) is 5.36. The molecule has 0 radical (unpaired) electrons. The van der Waals surface area contributed by atoms with E-state index in [9.17, 15) is 9.90 Å². The Kier molecular flexibility index (Phi) is 7.39. The predicted molar refractivity (Wildman–Crippen MR) is 130 cm³/mol. The van der Waals surface area contributed by atoms with Crippen LogP contribution in [0.3, 0.4) is 0 Å². The minimum absolute atomic E-state index is 0.0324. The number of amides is 1. The molecule has 4 rings (SSSR count). The van der Waals surface area contributed by atoms with Gasteiger partial charge in [0.15, 0.2) is 11.5 Å². The summed E-state index contributed by atoms with van der Waals surface area (Å²) in [7, 11) is 3.22. The average Bonchev–Trinajstić information content (AvgIpc) is 2.80. The van der Waals surface area contributed by atoms with Crippen molar-refractivity contribution >= 4 is 34.8 Å². The molecule has 2 aromatic rings. The van der Waals surface area contributed by atoms with E-state index in [4.69, 9.17) is 32.7 Å². The highest BCUT2D eigenvalue weighted by atomic mass is 35.5. The van der Waals surface area contributed by atoms with E-state index in [2.05, 4.69) is 10.2 Å². The maximum Gasteiger partial charge on any atom is 0.238 e. The van der Waals surface area contributed by atoms with Crippen LogP contribution in [0.5, 0.6) is 11.5 Å². The number of piperidine rings is 1. The minimum Gasteiger partial charge on any atom is -0.493 e. The molecule has 2 aromatic carbocycles. The molecule has 0 aromatic heterocycles. The monoisotopic (exact) mass is 492 g/mol. The number of rotatable bonds is 6. The van der Waals surface area contributed by atoms with Gasteiger partial charge in [-0.3, -0.25) is 9.69 Å². The van der Waals surface area contributed by atoms with Crippen molar-refractivity contribution in [2.24, 2.45) is 5.92 Å². The normalized spacial score (nSPS) is 25.2. The Hall–Kier alpha value is -1.99. The number of hydrogen-bond donors (Lipinski definition) is 2. The van der Waals surface area contributed by atoms with Crippen molar-refractivity contribution in [1.82, 2.24) is 4.90 Å². The lowest BCUT2D eigenvalue weighted by molar-refractivity contribution is -0.135. The standard InChI is InChI=1S/C25H30Cl2N2O4/c1-32-21-9-6-16(13-22(21)33-2)24-18-5-3-4-10-25(18,31)11-12-29(24)15-23(30)28-20-8-7-17(26)14-19(20)27/h6-9,13-14,18,24,31H,3-5,10-12,15H2,1-2H3,(H,28,30)/t18-,24+,25+/m1/s1. The molecule has 1 saturated carbocycles. The average molecular weight is 493 g/mol. The van der Waals surface area contributed by atoms with Gasteiger partial charge >= 0.3 is 0 Å². The first-order valence-corrected chi connectivity index (χ1v) is 12.0. The molecule has 1 aliphatic carbocycles. The number of likely N-dealkylation sites (tertiary alicyclic amines) is 1. The number of nitrogens with one attached hydrogen (secondary N) is 1. The van der Waals surface area contributed by atoms with E-state index in [1.54, 1.807) is 32.4 Å². The van der Waals surface area contributed by atoms with E-state index in [0.29, 0.717) is 40.2 Å². The zero-order valence-corrected chi connectivity index (χ0v) is 20.5. The second-order valence-corrected chi connectivity index (χ2v) is 9.75. The SMILES string of the molecule is COc1ccc([C@H]2[C@H]3CCCC[C@]3(O)CCN2CC(=O)Nc2ccc(Cl)cc2Cl)cc1OC. The third kappa shape index (κ3) is 5.09. The second-order valence-electron chi connectivity index (χ2n) is 8.91. The maximum absolute atomic E-state index is 13.0. The number of nitrogens with zero attached hydrogens (tertiary/aromatic N) is 1. The summed E-state index contributed by atoms with van der Waals surface area (Å²) >= 11 is 12.2. The number of hydrogen-bond acceptors (Lipinski definition) is 5. The molecule has 178 valence electrons. The summed E-state index contributed by atoms with van der Waals surface area (Å²) in [5.74, 6) is 1.16. The molecule has 0 bridgehead atoms. The molecule has 0 spiro atoms. The highest BCUT2D eigenvalue weighted by Crippen LogP contribution is 2.50. The van der Waals surface area contributed by atoms with Gasteiger partial charge in [0, 0.05) is 23.5 Å². The molecule has 8 heteroatoms. The van der Waals surface area contributed by atoms with Crippen LogP contribution in [0.2, 0.25) is 10.0 Å². The Balaban J connectivity index is 1.62. The Morgan fingerprint density at radius 3 is 2.64 bits per heavy atom. The van der Waals surface area contributed by atoms with Crippen LogP contribution < -0.4 is 14.8 Å². The highest BCUT2D eigenvalue weighted by Gasteiger charge is 2.49. The Morgan fingerprint density at radius 2 is 1.91 bits per heavy atom. The number of ether oxygens (including phenoxy) is 2. The third-order valence-corrected chi connectivity index (χ3v) is 7.52. The fourth-order valence-corrected chi connectivity index (χ4v) is 5.82. The van der Waals surface area contributed by atoms with Gasteiger partial charge in [-0.05, 0) is 55.2 Å². The van der Waals surface area contributed by atoms with E-state index in [1.165, 1.54) is 0 Å². The van der Waals surface area contributed by atoms with Crippen LogP contribution >= 0.6 is 23.2 Å². The summed E-state index contributed by atoms with van der Waals surface area (Å²) in [5, 5.41) is 15.3. The topological polar surface area (TPSA) is 71.0 Å². The van der Waals surface area contributed by atoms with Gasteiger partial charge in [0.2, 0.25) is 5.91 Å². The summed E-state index contributed by atoms with van der Waals surface area (Å²) < 4.78 is 10.9. The van der Waals surface area contributed by atoms with Crippen molar-refractivity contribution in [3.8, 4) is 11.5 Å². The molecule has 0 unspecified atom stereocenters. The molecular weight excluding hydrogens is 463 g/mol. The van der Waals surface area contributed by atoms with E-state index < -0.39 is 5.60 Å². The molecule has 2 aliphatic rings. The van der Waals surface area contributed by atoms with Gasteiger partial charge in [0.1, 0.15) is 0 Å². The first kappa shape index (κ1) is 24.1. The molecule has 1 aliphatic heterocycles. The van der Waals surface area contributed by atoms with E-state index in [0.717, 1.165) is 31.2 Å². The van der Waals surface area contributed by atoms with Crippen LogP contribution in [0, 0.1) is 5.92 Å². The van der Waals surface area contributed by atoms with Gasteiger partial charge in [-0.1, -0.05) is 42.1 Å². The Morgan fingerprint density at radius 1 is 1.12 bits per heavy atom. The van der Waals surface area contributed by atoms with Crippen molar-refractivity contribution in [2.45, 2.75) is 43.7 Å². The maximum atomic E-state index is 13.0. The zero-order valence-electron chi connectivity index (χ0n) is 18.9. The molecule has 33 heavy (non-hydrogen) atoms. The Labute approximate surface area is 204 Å². The van der Waals surface area contributed by atoms with Crippen LogP contribution in [-0.2, 0) is 4.79 Å². The van der Waals surface area contributed by atoms with E-state index in [1.807, 2.05) is 18.2 Å². The summed E-state index contributed by atoms with van der Waals surface area (Å²) in [6.45, 7) is 0.804. The van der Waals surface area contributed by atoms with Crippen LogP contribution in [0.1, 0.15) is 43.7 Å². The van der Waals surface area contributed by atoms with Gasteiger partial charge in [0.25, 0.3) is 0 Å². The zero-order chi connectivity index (χ0) is 23.6. The van der Waals surface area contributed by atoms with Crippen LogP contribution in [-0.4, -0.2) is 48.8 Å². The molecule has 6 nitrogen and oxygen atoms in total. The summed E-state index contributed by atoms with van der Waals surface area (Å²) in [4.78, 5) is 15.2. The quantitative estimate of drug-likeness (QED) is 0.570. The summed E-state index contributed by atoms with van der Waals surface area (Å²) in [5.41, 5.74) is 0.817. The molecule has 1 heterocycles. The number of benzene rings is 2. The summed E-state index contributed by atoms with van der Waals surface area (Å²) in [6, 6.07) is 10.7. The molecule has 1 amide bonds. The minimum atomic E-state index is -0.720. The number of anilines is 1. The molecule has 1 saturated heterocycles. The van der Waals surface area contributed by atoms with E-state index in [-0.39, 0.29) is 24.4 Å². The fraction of sp³-hybridized carbons (Fsp3) is 0.480. The lowest BCUT2D eigenvalue weighted by Gasteiger charge is -2.52. The molecule has 2 fully saturated rings. The van der Waals surface area contributed by atoms with Crippen LogP contribution in [0.4, 0.5) is 5.69 Å². The highest BCUT2D eigenvalue weighted by molar-refractivity contribution is 6.36. The first-order valence-electron chi connectivity index (χ1n) is 11.3. The third-order valence-electron chi connectivity index (χ3n) is 6.97. The largest absolute Gasteiger partial charge is 0.493 e. The molecular formula is C25H30Cl2N2O4. The number of fused-ring (bicyclic) bond motifs is 1. The lowest BCUT2D eigenvalue weighted by Crippen LogP contribution is -2.56. The van der Waals surface area contributed by atoms with Crippen LogP contribution in [0.15, 0.2) is 36.4 Å². The number of methoxy groups -OCH3 is 2. The van der Waals surface area contributed by atoms with Crippen molar-refractivity contribution in [3.63, 3.8) is 0 Å². The second kappa shape index (κ2) is 10.1. The van der Waals surface area contributed by atoms with Crippen molar-refractivity contribution < 1.29 is 19.4 Å². The number of aliphatic hydroxyl groups is 1. The molecule has 2 N–H and O–H groups in total. The van der Waals surface area contributed by atoms with Crippen LogP contribution in [0.25, 0.3) is 0 Å². The summed E-state index contributed by atoms with van der Waals surface area (Å²) in [6.07, 6.45) is 4.45. The van der Waals surface area contributed by atoms with Gasteiger partial charge < -0.3 is 19.9 Å². The van der Waals surface area contributed by atoms with Crippen molar-refractivity contribution in [1.29, 1.82) is 0 Å². The smallest absolute Gasteiger partial charge is 0.238 e. The van der Waals surface area contributed by atoms with Crippen molar-refractivity contribution in [3.05, 3.63) is 52.0 Å². The number of halogens is 2.